The van der Waals surface area contributed by atoms with Crippen LogP contribution >= 0.6 is 0 Å². The molecule has 0 atom stereocenters. The van der Waals surface area contributed by atoms with Crippen LogP contribution in [-0.4, -0.2) is 31.5 Å². The van der Waals surface area contributed by atoms with E-state index in [-0.39, 0.29) is 5.91 Å². The topological polar surface area (TPSA) is 57.3 Å². The van der Waals surface area contributed by atoms with Crippen molar-refractivity contribution in [2.45, 2.75) is 32.1 Å². The third-order valence-electron chi connectivity index (χ3n) is 4.79. The van der Waals surface area contributed by atoms with E-state index in [2.05, 4.69) is 38.7 Å². The molecule has 0 saturated carbocycles. The Morgan fingerprint density at radius 2 is 1.85 bits per heavy atom. The Morgan fingerprint density at radius 1 is 1.07 bits per heavy atom. The molecule has 0 spiro atoms. The van der Waals surface area contributed by atoms with E-state index < -0.39 is 0 Å². The third kappa shape index (κ3) is 5.58. The molecule has 1 aromatic heterocycles. The lowest BCUT2D eigenvalue weighted by atomic mass is 9.97. The lowest BCUT2D eigenvalue weighted by Crippen LogP contribution is -2.25. The van der Waals surface area contributed by atoms with Crippen molar-refractivity contribution < 1.29 is 4.79 Å². The summed E-state index contributed by atoms with van der Waals surface area (Å²) in [6.07, 6.45) is 9.86. The Hall–Kier alpha value is -2.82. The van der Waals surface area contributed by atoms with E-state index in [0.29, 0.717) is 12.2 Å². The summed E-state index contributed by atoms with van der Waals surface area (Å²) >= 11 is 0. The molecule has 142 valence electrons. The summed E-state index contributed by atoms with van der Waals surface area (Å²) < 4.78 is 0. The molecule has 1 aromatic carbocycles. The van der Waals surface area contributed by atoms with Crippen LogP contribution in [0.25, 0.3) is 0 Å². The molecule has 3 rings (SSSR count). The van der Waals surface area contributed by atoms with Crippen LogP contribution in [-0.2, 0) is 0 Å². The summed E-state index contributed by atoms with van der Waals surface area (Å²) in [4.78, 5) is 18.6. The second-order valence-electron chi connectivity index (χ2n) is 7.11. The van der Waals surface area contributed by atoms with Gasteiger partial charge in [0.05, 0.1) is 11.9 Å². The molecule has 1 amide bonds. The van der Waals surface area contributed by atoms with Gasteiger partial charge in [-0.1, -0.05) is 11.6 Å². The van der Waals surface area contributed by atoms with E-state index in [1.807, 2.05) is 32.3 Å². The summed E-state index contributed by atoms with van der Waals surface area (Å²) in [7, 11) is 4.03. The molecule has 1 aliphatic rings. The lowest BCUT2D eigenvalue weighted by Gasteiger charge is -2.13. The zero-order chi connectivity index (χ0) is 19.1. The highest BCUT2D eigenvalue weighted by molar-refractivity contribution is 5.92. The predicted octanol–water partition coefficient (Wildman–Crippen LogP) is 4.51. The summed E-state index contributed by atoms with van der Waals surface area (Å²) in [5.41, 5.74) is 4.90. The van der Waals surface area contributed by atoms with Crippen molar-refractivity contribution >= 4 is 23.0 Å². The first-order valence-corrected chi connectivity index (χ1v) is 9.58. The summed E-state index contributed by atoms with van der Waals surface area (Å²) in [6.45, 7) is 0.671. The molecule has 5 heteroatoms. The Bertz CT molecular complexity index is 779. The van der Waals surface area contributed by atoms with Gasteiger partial charge in [-0.05, 0) is 68.5 Å². The number of allylic oxidation sites excluding steroid dienone is 1. The Kier molecular flexibility index (Phi) is 6.47. The summed E-state index contributed by atoms with van der Waals surface area (Å²) in [5, 5.41) is 6.27. The Balaban J connectivity index is 1.50. The number of hydrogen-bond acceptors (Lipinski definition) is 4. The second kappa shape index (κ2) is 9.21. The maximum absolute atomic E-state index is 12.2. The smallest absolute Gasteiger partial charge is 0.269 e. The molecule has 1 heterocycles. The first-order valence-electron chi connectivity index (χ1n) is 9.58. The molecular formula is C22H28N4O. The van der Waals surface area contributed by atoms with Gasteiger partial charge in [0.25, 0.3) is 5.91 Å². The number of nitrogens with zero attached hydrogens (tertiary/aromatic N) is 2. The van der Waals surface area contributed by atoms with Crippen molar-refractivity contribution in [1.29, 1.82) is 0 Å². The minimum atomic E-state index is -0.117. The minimum absolute atomic E-state index is 0.117. The van der Waals surface area contributed by atoms with Gasteiger partial charge in [-0.15, -0.1) is 0 Å². The van der Waals surface area contributed by atoms with Crippen LogP contribution in [0, 0.1) is 0 Å². The van der Waals surface area contributed by atoms with E-state index >= 15 is 0 Å². The molecular weight excluding hydrogens is 336 g/mol. The fourth-order valence-corrected chi connectivity index (χ4v) is 3.17. The number of benzene rings is 1. The number of nitrogens with one attached hydrogen (secondary N) is 2. The van der Waals surface area contributed by atoms with Crippen molar-refractivity contribution in [2.24, 2.45) is 0 Å². The first kappa shape index (κ1) is 19.0. The number of anilines is 3. The van der Waals surface area contributed by atoms with E-state index in [4.69, 9.17) is 0 Å². The molecule has 1 aliphatic carbocycles. The Labute approximate surface area is 161 Å². The highest BCUT2D eigenvalue weighted by atomic mass is 16.1. The van der Waals surface area contributed by atoms with Gasteiger partial charge in [0, 0.05) is 32.0 Å². The van der Waals surface area contributed by atoms with E-state index in [1.165, 1.54) is 31.3 Å². The van der Waals surface area contributed by atoms with Crippen molar-refractivity contribution in [1.82, 2.24) is 10.3 Å². The SMILES string of the molecule is CN(C)c1ccc(Nc2ccc(C(=O)NCCC3=CCCCC3)nc2)cc1. The van der Waals surface area contributed by atoms with E-state index in [9.17, 15) is 4.79 Å². The summed E-state index contributed by atoms with van der Waals surface area (Å²) in [6, 6.07) is 11.8. The molecule has 5 nitrogen and oxygen atoms in total. The normalized spacial score (nSPS) is 13.6. The van der Waals surface area contributed by atoms with Crippen molar-refractivity contribution in [3.8, 4) is 0 Å². The van der Waals surface area contributed by atoms with Crippen LogP contribution in [0.2, 0.25) is 0 Å². The van der Waals surface area contributed by atoms with Gasteiger partial charge < -0.3 is 15.5 Å². The average Bonchev–Trinajstić information content (AvgIpc) is 2.70. The van der Waals surface area contributed by atoms with Crippen LogP contribution in [0.15, 0.2) is 54.2 Å². The maximum atomic E-state index is 12.2. The number of hydrogen-bond donors (Lipinski definition) is 2. The molecule has 0 unspecified atom stereocenters. The predicted molar refractivity (Wildman–Crippen MR) is 112 cm³/mol. The third-order valence-corrected chi connectivity index (χ3v) is 4.79. The van der Waals surface area contributed by atoms with Crippen molar-refractivity contribution in [3.05, 3.63) is 59.9 Å². The first-order chi connectivity index (χ1) is 13.1. The number of amides is 1. The molecule has 0 radical (unpaired) electrons. The van der Waals surface area contributed by atoms with E-state index in [1.54, 1.807) is 12.3 Å². The highest BCUT2D eigenvalue weighted by Gasteiger charge is 2.08. The zero-order valence-electron chi connectivity index (χ0n) is 16.2. The monoisotopic (exact) mass is 364 g/mol. The van der Waals surface area contributed by atoms with Crippen molar-refractivity contribution in [3.63, 3.8) is 0 Å². The molecule has 27 heavy (non-hydrogen) atoms. The fourth-order valence-electron chi connectivity index (χ4n) is 3.17. The lowest BCUT2D eigenvalue weighted by molar-refractivity contribution is 0.0949. The van der Waals surface area contributed by atoms with Crippen LogP contribution in [0.4, 0.5) is 17.1 Å². The van der Waals surface area contributed by atoms with Crippen molar-refractivity contribution in [2.75, 3.05) is 30.9 Å². The van der Waals surface area contributed by atoms with Crippen LogP contribution in [0.3, 0.4) is 0 Å². The molecule has 0 fully saturated rings. The Morgan fingerprint density at radius 3 is 2.48 bits per heavy atom. The molecule has 0 saturated heterocycles. The van der Waals surface area contributed by atoms with Gasteiger partial charge in [-0.3, -0.25) is 4.79 Å². The molecule has 0 aliphatic heterocycles. The molecule has 2 aromatic rings. The number of carbonyl (C=O) groups is 1. The second-order valence-corrected chi connectivity index (χ2v) is 7.11. The van der Waals surface area contributed by atoms with Gasteiger partial charge in [-0.2, -0.15) is 0 Å². The van der Waals surface area contributed by atoms with Crippen LogP contribution in [0.5, 0.6) is 0 Å². The number of rotatable bonds is 7. The maximum Gasteiger partial charge on any atom is 0.269 e. The molecule has 2 N–H and O–H groups in total. The standard InChI is InChI=1S/C22H28N4O/c1-26(2)20-11-8-18(9-12-20)25-19-10-13-21(24-16-19)22(27)23-15-14-17-6-4-3-5-7-17/h6,8-13,16,25H,3-5,7,14-15H2,1-2H3,(H,23,27). The quantitative estimate of drug-likeness (QED) is 0.710. The zero-order valence-corrected chi connectivity index (χ0v) is 16.2. The van der Waals surface area contributed by atoms with Gasteiger partial charge in [-0.25, -0.2) is 4.98 Å². The van der Waals surface area contributed by atoms with Crippen LogP contribution in [0.1, 0.15) is 42.6 Å². The number of aromatic nitrogens is 1. The summed E-state index contributed by atoms with van der Waals surface area (Å²) in [5.74, 6) is -0.117. The molecule has 0 bridgehead atoms. The van der Waals surface area contributed by atoms with Crippen LogP contribution < -0.4 is 15.5 Å². The van der Waals surface area contributed by atoms with Gasteiger partial charge >= 0.3 is 0 Å². The average molecular weight is 364 g/mol. The fraction of sp³-hybridized carbons (Fsp3) is 0.364. The number of pyridine rings is 1. The van der Waals surface area contributed by atoms with Gasteiger partial charge in [0.2, 0.25) is 0 Å². The number of carbonyl (C=O) groups excluding carboxylic acids is 1. The van der Waals surface area contributed by atoms with Gasteiger partial charge in [0.15, 0.2) is 0 Å². The minimum Gasteiger partial charge on any atom is -0.378 e. The van der Waals surface area contributed by atoms with Gasteiger partial charge in [0.1, 0.15) is 5.69 Å². The highest BCUT2D eigenvalue weighted by Crippen LogP contribution is 2.20. The van der Waals surface area contributed by atoms with E-state index in [0.717, 1.165) is 23.5 Å². The largest absolute Gasteiger partial charge is 0.378 e.